The highest BCUT2D eigenvalue weighted by Gasteiger charge is 2.40. The fourth-order valence-corrected chi connectivity index (χ4v) is 5.24. The second-order valence-electron chi connectivity index (χ2n) is 9.21. The van der Waals surface area contributed by atoms with Gasteiger partial charge in [-0.1, -0.05) is 0 Å². The van der Waals surface area contributed by atoms with Crippen LogP contribution in [0.25, 0.3) is 0 Å². The number of nitrogens with zero attached hydrogens (tertiary/aromatic N) is 3. The molecule has 176 valence electrons. The third-order valence-corrected chi connectivity index (χ3v) is 7.12. The maximum absolute atomic E-state index is 13.1. The number of carbonyl (C=O) groups excluding carboxylic acids is 2. The normalized spacial score (nSPS) is 27.2. The summed E-state index contributed by atoms with van der Waals surface area (Å²) in [7, 11) is 1.77. The van der Waals surface area contributed by atoms with E-state index in [0.717, 1.165) is 51.2 Å². The molecule has 0 radical (unpaired) electrons. The predicted molar refractivity (Wildman–Crippen MR) is 122 cm³/mol. The number of amides is 2. The summed E-state index contributed by atoms with van der Waals surface area (Å²) >= 11 is 0. The van der Waals surface area contributed by atoms with Crippen molar-refractivity contribution in [2.45, 2.75) is 50.3 Å². The Labute approximate surface area is 190 Å². The average Bonchev–Trinajstić information content (AvgIpc) is 3.32. The lowest BCUT2D eigenvalue weighted by Crippen LogP contribution is -2.61. The van der Waals surface area contributed by atoms with E-state index in [1.54, 1.807) is 24.1 Å². The molecule has 2 amide bonds. The topological polar surface area (TPSA) is 85.4 Å². The lowest BCUT2D eigenvalue weighted by atomic mass is 9.85. The number of likely N-dealkylation sites (tertiary alicyclic amines) is 1. The minimum Gasteiger partial charge on any atom is -0.492 e. The number of carbonyl (C=O) groups is 2. The van der Waals surface area contributed by atoms with Gasteiger partial charge in [0.25, 0.3) is 5.91 Å². The Kier molecular flexibility index (Phi) is 7.65. The predicted octanol–water partition coefficient (Wildman–Crippen LogP) is 0.947. The molecule has 4 rings (SSSR count). The van der Waals surface area contributed by atoms with E-state index in [-0.39, 0.29) is 23.9 Å². The summed E-state index contributed by atoms with van der Waals surface area (Å²) in [6.45, 7) is 5.54. The second-order valence-corrected chi connectivity index (χ2v) is 9.21. The molecule has 0 spiro atoms. The highest BCUT2D eigenvalue weighted by Crippen LogP contribution is 2.28. The van der Waals surface area contributed by atoms with Gasteiger partial charge in [0, 0.05) is 38.3 Å². The first-order valence-electron chi connectivity index (χ1n) is 11.9. The molecule has 8 nitrogen and oxygen atoms in total. The standard InChI is InChI=1S/C24H36N4O4/c1-26(20-5-4-6-21(23(20)30)28-14-11-25-22(29)17-28)24(31)18-7-9-19(10-8-18)32-16-15-27-12-2-3-13-27/h7-10,20-21,23,30H,2-6,11-17H2,1H3,(H,25,29)/t20-,21-,23-/m1/s1. The number of hydrogen-bond acceptors (Lipinski definition) is 6. The number of hydrogen-bond donors (Lipinski definition) is 2. The minimum absolute atomic E-state index is 0.00209. The Balaban J connectivity index is 1.32. The van der Waals surface area contributed by atoms with E-state index in [2.05, 4.69) is 15.1 Å². The zero-order chi connectivity index (χ0) is 22.5. The van der Waals surface area contributed by atoms with Gasteiger partial charge in [-0.3, -0.25) is 19.4 Å². The largest absolute Gasteiger partial charge is 0.492 e. The Morgan fingerprint density at radius 3 is 2.62 bits per heavy atom. The number of rotatable bonds is 7. The molecule has 1 aromatic carbocycles. The zero-order valence-electron chi connectivity index (χ0n) is 19.0. The molecule has 0 aromatic heterocycles. The summed E-state index contributed by atoms with van der Waals surface area (Å²) < 4.78 is 5.84. The van der Waals surface area contributed by atoms with Crippen LogP contribution in [0.5, 0.6) is 5.75 Å². The number of aliphatic hydroxyl groups excluding tert-OH is 1. The van der Waals surface area contributed by atoms with Gasteiger partial charge in [-0.05, 0) is 69.5 Å². The lowest BCUT2D eigenvalue weighted by Gasteiger charge is -2.45. The minimum atomic E-state index is -0.670. The van der Waals surface area contributed by atoms with Crippen molar-refractivity contribution >= 4 is 11.8 Å². The molecule has 2 aliphatic heterocycles. The molecule has 1 aliphatic carbocycles. The van der Waals surface area contributed by atoms with Gasteiger partial charge in [0.15, 0.2) is 0 Å². The van der Waals surface area contributed by atoms with E-state index < -0.39 is 6.10 Å². The monoisotopic (exact) mass is 444 g/mol. The van der Waals surface area contributed by atoms with Gasteiger partial charge in [-0.25, -0.2) is 0 Å². The number of nitrogens with one attached hydrogen (secondary N) is 1. The van der Waals surface area contributed by atoms with Crippen LogP contribution in [0.15, 0.2) is 24.3 Å². The van der Waals surface area contributed by atoms with Crippen LogP contribution < -0.4 is 10.1 Å². The van der Waals surface area contributed by atoms with Gasteiger partial charge >= 0.3 is 0 Å². The van der Waals surface area contributed by atoms with E-state index in [1.165, 1.54) is 12.8 Å². The van der Waals surface area contributed by atoms with Crippen LogP contribution in [-0.4, -0.2) is 103 Å². The molecule has 3 aliphatic rings. The van der Waals surface area contributed by atoms with Crippen LogP contribution >= 0.6 is 0 Å². The van der Waals surface area contributed by atoms with E-state index in [9.17, 15) is 14.7 Å². The van der Waals surface area contributed by atoms with Crippen LogP contribution in [0.3, 0.4) is 0 Å². The lowest BCUT2D eigenvalue weighted by molar-refractivity contribution is -0.127. The van der Waals surface area contributed by atoms with Crippen molar-refractivity contribution in [1.82, 2.24) is 20.0 Å². The summed E-state index contributed by atoms with van der Waals surface area (Å²) in [5, 5.41) is 13.9. The molecule has 32 heavy (non-hydrogen) atoms. The third kappa shape index (κ3) is 5.42. The molecule has 1 saturated carbocycles. The molecule has 0 unspecified atom stereocenters. The first kappa shape index (κ1) is 23.0. The Bertz CT molecular complexity index is 781. The smallest absolute Gasteiger partial charge is 0.253 e. The van der Waals surface area contributed by atoms with Crippen molar-refractivity contribution in [2.24, 2.45) is 0 Å². The summed E-state index contributed by atoms with van der Waals surface area (Å²) in [6, 6.07) is 6.93. The van der Waals surface area contributed by atoms with E-state index in [1.807, 2.05) is 12.1 Å². The van der Waals surface area contributed by atoms with Crippen molar-refractivity contribution in [3.05, 3.63) is 29.8 Å². The third-order valence-electron chi connectivity index (χ3n) is 7.12. The van der Waals surface area contributed by atoms with Crippen LogP contribution in [0.2, 0.25) is 0 Å². The zero-order valence-corrected chi connectivity index (χ0v) is 19.0. The molecule has 3 atom stereocenters. The van der Waals surface area contributed by atoms with E-state index >= 15 is 0 Å². The Hall–Kier alpha value is -2.16. The quantitative estimate of drug-likeness (QED) is 0.651. The van der Waals surface area contributed by atoms with Crippen molar-refractivity contribution in [3.8, 4) is 5.75 Å². The molecule has 2 saturated heterocycles. The maximum Gasteiger partial charge on any atom is 0.253 e. The first-order chi connectivity index (χ1) is 15.5. The second kappa shape index (κ2) is 10.6. The van der Waals surface area contributed by atoms with Crippen LogP contribution in [0, 0.1) is 0 Å². The van der Waals surface area contributed by atoms with E-state index in [4.69, 9.17) is 4.74 Å². The molecule has 3 fully saturated rings. The van der Waals surface area contributed by atoms with Crippen LogP contribution in [0.1, 0.15) is 42.5 Å². The molecule has 2 heterocycles. The molecule has 2 N–H and O–H groups in total. The molecular formula is C24H36N4O4. The van der Waals surface area contributed by atoms with Gasteiger partial charge in [0.2, 0.25) is 5.91 Å². The number of aliphatic hydroxyl groups is 1. The van der Waals surface area contributed by atoms with Crippen molar-refractivity contribution in [3.63, 3.8) is 0 Å². The molecule has 8 heteroatoms. The fourth-order valence-electron chi connectivity index (χ4n) is 5.24. The number of likely N-dealkylation sites (N-methyl/N-ethyl adjacent to an activating group) is 1. The highest BCUT2D eigenvalue weighted by atomic mass is 16.5. The van der Waals surface area contributed by atoms with Gasteiger partial charge in [0.1, 0.15) is 12.4 Å². The first-order valence-corrected chi connectivity index (χ1v) is 11.9. The Morgan fingerprint density at radius 2 is 1.91 bits per heavy atom. The molecular weight excluding hydrogens is 408 g/mol. The van der Waals surface area contributed by atoms with E-state index in [0.29, 0.717) is 25.3 Å². The summed E-state index contributed by atoms with van der Waals surface area (Å²) in [5.41, 5.74) is 0.589. The molecule has 0 bridgehead atoms. The number of piperazine rings is 1. The maximum atomic E-state index is 13.1. The summed E-state index contributed by atoms with van der Waals surface area (Å²) in [6.07, 6.45) is 4.40. The Morgan fingerprint density at radius 1 is 1.16 bits per heavy atom. The van der Waals surface area contributed by atoms with Gasteiger partial charge in [0.05, 0.1) is 18.7 Å². The van der Waals surface area contributed by atoms with Crippen LogP contribution in [0.4, 0.5) is 0 Å². The average molecular weight is 445 g/mol. The summed E-state index contributed by atoms with van der Waals surface area (Å²) in [4.78, 5) is 31.0. The van der Waals surface area contributed by atoms with Crippen LogP contribution in [-0.2, 0) is 4.79 Å². The van der Waals surface area contributed by atoms with Crippen molar-refractivity contribution in [1.29, 1.82) is 0 Å². The number of ether oxygens (including phenoxy) is 1. The number of benzene rings is 1. The fraction of sp³-hybridized carbons (Fsp3) is 0.667. The van der Waals surface area contributed by atoms with Gasteiger partial charge in [-0.15, -0.1) is 0 Å². The molecule has 1 aromatic rings. The van der Waals surface area contributed by atoms with Crippen molar-refractivity contribution < 1.29 is 19.4 Å². The van der Waals surface area contributed by atoms with Gasteiger partial charge in [-0.2, -0.15) is 0 Å². The summed E-state index contributed by atoms with van der Waals surface area (Å²) in [5.74, 6) is 0.664. The van der Waals surface area contributed by atoms with Gasteiger partial charge < -0.3 is 20.1 Å². The van der Waals surface area contributed by atoms with Crippen molar-refractivity contribution in [2.75, 3.05) is 52.9 Å². The highest BCUT2D eigenvalue weighted by molar-refractivity contribution is 5.94. The SMILES string of the molecule is CN(C(=O)c1ccc(OCCN2CCCC2)cc1)[C@@H]1CCC[C@@H](N2CCNC(=O)C2)[C@@H]1O.